The van der Waals surface area contributed by atoms with Gasteiger partial charge in [0.1, 0.15) is 30.1 Å². The van der Waals surface area contributed by atoms with E-state index in [-0.39, 0.29) is 88.8 Å². The Morgan fingerprint density at radius 3 is 1.87 bits per heavy atom. The molecule has 7 amide bonds. The molecule has 9 rings (SSSR count). The number of aromatic nitrogens is 8. The van der Waals surface area contributed by atoms with Gasteiger partial charge in [-0.2, -0.15) is 21.8 Å². The van der Waals surface area contributed by atoms with Crippen LogP contribution in [0.1, 0.15) is 178 Å². The number of H-pyrrole nitrogens is 3. The van der Waals surface area contributed by atoms with Crippen LogP contribution in [0.5, 0.6) is 0 Å². The molecule has 0 saturated heterocycles. The molecule has 8 bridgehead atoms. The first-order chi connectivity index (χ1) is 53.8. The van der Waals surface area contributed by atoms with Crippen molar-refractivity contribution in [1.82, 2.24) is 77.1 Å². The number of nitrogens with two attached hydrogens (primary N) is 1. The molecule has 43 heteroatoms. The predicted octanol–water partition coefficient (Wildman–Crippen LogP) is 2.26. The highest BCUT2D eigenvalue weighted by molar-refractivity contribution is 8.76. The van der Waals surface area contributed by atoms with E-state index in [1.807, 2.05) is 26.0 Å². The zero-order valence-corrected chi connectivity index (χ0v) is 65.8. The topological polar surface area (TPSA) is 614 Å². The Labute approximate surface area is 658 Å². The monoisotopic (exact) mass is 1660 g/mol. The summed E-state index contributed by atoms with van der Waals surface area (Å²) in [7, 11) is -6.17. The summed E-state index contributed by atoms with van der Waals surface area (Å²) < 4.78 is 69.5. The van der Waals surface area contributed by atoms with Crippen molar-refractivity contribution in [3.05, 3.63) is 121 Å². The number of nitrogen functional groups attached to an aromatic ring is 1. The molecule has 0 spiro atoms. The van der Waals surface area contributed by atoms with Gasteiger partial charge in [0.05, 0.1) is 66.6 Å². The number of rotatable bonds is 37. The first-order valence-electron chi connectivity index (χ1n) is 35.7. The third-order valence-electron chi connectivity index (χ3n) is 19.4. The van der Waals surface area contributed by atoms with E-state index in [9.17, 15) is 98.5 Å². The summed E-state index contributed by atoms with van der Waals surface area (Å²) in [6, 6.07) is 4.17. The molecule has 0 radical (unpaired) electrons. The minimum absolute atomic E-state index is 0.00845. The molecular formula is C71H85N17O22S4. The van der Waals surface area contributed by atoms with Crippen molar-refractivity contribution < 1.29 is 98.4 Å². The van der Waals surface area contributed by atoms with Gasteiger partial charge < -0.3 is 73.2 Å². The van der Waals surface area contributed by atoms with Gasteiger partial charge in [0.15, 0.2) is 22.7 Å². The van der Waals surface area contributed by atoms with Gasteiger partial charge in [0.2, 0.25) is 41.4 Å². The number of methoxy groups -OCH3 is 1. The molecule has 9 atom stereocenters. The van der Waals surface area contributed by atoms with Crippen molar-refractivity contribution in [2.24, 2.45) is 0 Å². The zero-order valence-electron chi connectivity index (χ0n) is 62.5. The maximum Gasteiger partial charge on any atom is 0.327 e. The number of benzene rings is 1. The second-order valence-corrected chi connectivity index (χ2v) is 33.0. The van der Waals surface area contributed by atoms with Crippen LogP contribution < -0.4 is 53.8 Å². The van der Waals surface area contributed by atoms with E-state index in [2.05, 4.69) is 79.4 Å². The van der Waals surface area contributed by atoms with Crippen molar-refractivity contribution in [2.75, 3.05) is 60.8 Å². The molecule has 610 valence electrons. The number of hydrogen-bond donors (Lipinski definition) is 16. The number of aryl methyl sites for hydroxylation is 2. The van der Waals surface area contributed by atoms with Crippen LogP contribution in [0.25, 0.3) is 33.2 Å². The number of nitrogens with zero attached hydrogens (tertiary/aromatic N) is 5. The number of anilines is 2. The molecule has 7 heterocycles. The van der Waals surface area contributed by atoms with Gasteiger partial charge in [0.25, 0.3) is 31.7 Å². The highest BCUT2D eigenvalue weighted by Crippen LogP contribution is 2.48. The number of amides is 7. The number of ether oxygens (including phenoxy) is 1. The SMILES string of the molecule is CC[C@H]1c2cc3[nH]c4c(c3C)C(=O)C(C(=O)OC)c4c3nc(cc4[nH]c(cc(n2)[C@@H]1C)c(C(C)=O)c4C)[C@@H](C)[C@@H]3CCC(=O)N[C@@H](CC(=O)NCCS(=O)(=O)O)C(=O)NCCSSC[C@H](NC(=O)[C@H](CC(=O)NCCS(=O)(=O)O)NC(=O)CC[C@H](NC(=O)c1ccc(NCc2cnc3nc(N)[nH]c(=O)c3n2)cc1)C(=O)O)C(=O)O. The molecule has 3 aliphatic rings. The summed E-state index contributed by atoms with van der Waals surface area (Å²) in [5.41, 5.74) is 11.9. The number of Topliss-reactive ketones (excluding diaryl/α,β-unsaturated/α-hetero) is 2. The third-order valence-corrected chi connectivity index (χ3v) is 23.2. The van der Waals surface area contributed by atoms with Crippen LogP contribution in [-0.2, 0) is 74.7 Å². The number of carboxylic acids is 2. The van der Waals surface area contributed by atoms with Gasteiger partial charge >= 0.3 is 17.9 Å². The number of ketones is 2. The number of aliphatic carboxylic acids is 2. The first-order valence-corrected chi connectivity index (χ1v) is 41.4. The van der Waals surface area contributed by atoms with Crippen LogP contribution in [0.15, 0.2) is 53.5 Å². The summed E-state index contributed by atoms with van der Waals surface area (Å²) in [6.45, 7) is 9.53. The molecular weight excluding hydrogens is 1570 g/mol. The molecule has 0 fully saturated rings. The first kappa shape index (κ1) is 86.7. The Balaban J connectivity index is 0.842. The number of carbonyl (C=O) groups is 12. The molecule has 114 heavy (non-hydrogen) atoms. The van der Waals surface area contributed by atoms with Crippen molar-refractivity contribution in [2.45, 2.75) is 147 Å². The molecule has 1 aliphatic carbocycles. The zero-order chi connectivity index (χ0) is 83.4. The van der Waals surface area contributed by atoms with Crippen molar-refractivity contribution in [1.29, 1.82) is 0 Å². The Morgan fingerprint density at radius 2 is 1.25 bits per heavy atom. The van der Waals surface area contributed by atoms with Gasteiger partial charge in [-0.05, 0) is 93.6 Å². The van der Waals surface area contributed by atoms with Crippen molar-refractivity contribution in [3.63, 3.8) is 0 Å². The van der Waals surface area contributed by atoms with E-state index in [1.165, 1.54) is 37.4 Å². The number of hydrogen-bond acceptors (Lipinski definition) is 27. The molecule has 39 nitrogen and oxygen atoms in total. The van der Waals surface area contributed by atoms with E-state index in [1.54, 1.807) is 19.9 Å². The average molecular weight is 1660 g/mol. The number of aromatic amines is 3. The van der Waals surface area contributed by atoms with E-state index >= 15 is 0 Å². The lowest BCUT2D eigenvalue weighted by Gasteiger charge is -2.22. The Morgan fingerprint density at radius 1 is 0.658 bits per heavy atom. The fourth-order valence-corrected chi connectivity index (χ4v) is 16.2. The summed E-state index contributed by atoms with van der Waals surface area (Å²) in [6.07, 6.45) is -1.35. The maximum absolute atomic E-state index is 14.7. The fourth-order valence-electron chi connectivity index (χ4n) is 13.4. The summed E-state index contributed by atoms with van der Waals surface area (Å²) >= 11 is 0. The number of nitrogens with one attached hydrogen (secondary N) is 11. The van der Waals surface area contributed by atoms with Crippen molar-refractivity contribution >= 4 is 158 Å². The normalized spacial score (nSPS) is 16.8. The van der Waals surface area contributed by atoms with Crippen LogP contribution in [0, 0.1) is 13.8 Å². The Hall–Kier alpha value is -11.3. The Bertz CT molecular complexity index is 5310. The number of carbonyl (C=O) groups excluding carboxylic acids is 10. The molecule has 17 N–H and O–H groups in total. The van der Waals surface area contributed by atoms with Gasteiger partial charge in [-0.1, -0.05) is 42.4 Å². The van der Waals surface area contributed by atoms with E-state index in [0.29, 0.717) is 62.3 Å². The third kappa shape index (κ3) is 21.9. The molecule has 1 aromatic carbocycles. The Kier molecular flexibility index (Phi) is 28.6. The van der Waals surface area contributed by atoms with Crippen LogP contribution in [0.2, 0.25) is 0 Å². The van der Waals surface area contributed by atoms with Gasteiger partial charge in [-0.25, -0.2) is 19.6 Å². The van der Waals surface area contributed by atoms with E-state index in [4.69, 9.17) is 20.4 Å². The second-order valence-electron chi connectivity index (χ2n) is 27.2. The van der Waals surface area contributed by atoms with Gasteiger partial charge in [-0.3, -0.25) is 76.8 Å². The minimum Gasteiger partial charge on any atom is -0.480 e. The number of fused-ring (bicyclic) bond motifs is 9. The largest absolute Gasteiger partial charge is 0.480 e. The van der Waals surface area contributed by atoms with Crippen LogP contribution in [0.4, 0.5) is 11.6 Å². The van der Waals surface area contributed by atoms with Gasteiger partial charge in [-0.15, -0.1) is 0 Å². The molecule has 0 saturated carbocycles. The van der Waals surface area contributed by atoms with Crippen LogP contribution >= 0.6 is 21.6 Å². The lowest BCUT2D eigenvalue weighted by atomic mass is 9.83. The smallest absolute Gasteiger partial charge is 0.327 e. The molecule has 6 aromatic rings. The fraction of sp³-hybridized carbons (Fsp3) is 0.437. The van der Waals surface area contributed by atoms with Gasteiger partial charge in [0, 0.05) is 124 Å². The minimum atomic E-state index is -4.59. The van der Waals surface area contributed by atoms with Crippen LogP contribution in [-0.4, -0.2) is 221 Å². The highest BCUT2D eigenvalue weighted by Gasteiger charge is 2.46. The lowest BCUT2D eigenvalue weighted by Crippen LogP contribution is -2.54. The maximum atomic E-state index is 14.7. The van der Waals surface area contributed by atoms with E-state index < -0.39 is 189 Å². The quantitative estimate of drug-likeness (QED) is 0.00664. The van der Waals surface area contributed by atoms with E-state index in [0.717, 1.165) is 40.1 Å². The molecule has 2 aliphatic heterocycles. The predicted molar refractivity (Wildman–Crippen MR) is 415 cm³/mol. The summed E-state index contributed by atoms with van der Waals surface area (Å²) in [4.78, 5) is 206. The summed E-state index contributed by atoms with van der Waals surface area (Å²) in [5, 5.41) is 39.6. The standard InChI is InChI=1S/C71H85N17O22S4/c1-8-39-31(2)42-25-47-55(35(6)89)33(4)44(80-47)23-43-32(3)40(59(83-43)57-58(70(103)110-7)62(94)56-34(5)45(84-60(56)57)24-46(39)79-42)13-15-51(90)81-48(26-53(92)73-18-21-113(104,105)106)65(96)75-17-20-111-112-30-50(69(101)102)86-66(97)49(27-54(93)74-19-22-114(107,108)109)82-52(91)16-14-41(68(99)100)85-64(95)36-9-11-37(12-10-36)76-28-38-29-77-63-61(78-38)67(98)88-71(72)87-63/h9-12,23-25,29,31-32,39-41,48-50,58,76,80,84H,8,13-22,26-28,30H2,1-7H3,(H,73,92)(H,74,93)(H,75,96)(H,81,90)(H,82,91)(H,85,95)(H,86,97)(H,99,100)(H,101,102)(H,104,105,106)(H,107,108,109)(H3,72,77,87,88,98)/t31-,32+,39-,40+,41+,48+,49+,50+,58?/m1/s1. The molecule has 5 aromatic heterocycles. The number of esters is 1. The van der Waals surface area contributed by atoms with Crippen LogP contribution in [0.3, 0.4) is 0 Å². The molecule has 1 unspecified atom stereocenters. The number of carboxylic acid groups (broad SMARTS) is 2. The second kappa shape index (κ2) is 37.6. The van der Waals surface area contributed by atoms with Crippen molar-refractivity contribution in [3.8, 4) is 0 Å². The highest BCUT2D eigenvalue weighted by atomic mass is 33.1. The lowest BCUT2D eigenvalue weighted by molar-refractivity contribution is -0.142. The average Bonchev–Trinajstić information content (AvgIpc) is 1.56. The summed E-state index contributed by atoms with van der Waals surface area (Å²) in [5.74, 6) is -17.0.